The van der Waals surface area contributed by atoms with Gasteiger partial charge >= 0.3 is 0 Å². The Bertz CT molecular complexity index is 776. The molecule has 2 aromatic rings. The van der Waals surface area contributed by atoms with Crippen LogP contribution in [-0.2, 0) is 10.2 Å². The average molecular weight is 366 g/mol. The molecule has 0 spiro atoms. The first-order valence-corrected chi connectivity index (χ1v) is 8.46. The highest BCUT2D eigenvalue weighted by atomic mass is 35.5. The van der Waals surface area contributed by atoms with Crippen LogP contribution in [0.4, 0.5) is 8.78 Å². The Morgan fingerprint density at radius 1 is 1.16 bits per heavy atom. The molecule has 1 aliphatic heterocycles. The fourth-order valence-electron chi connectivity index (χ4n) is 3.21. The lowest BCUT2D eigenvalue weighted by atomic mass is 9.74. The van der Waals surface area contributed by atoms with Crippen molar-refractivity contribution in [2.45, 2.75) is 18.3 Å². The lowest BCUT2D eigenvalue weighted by Gasteiger charge is -2.38. The molecule has 0 aromatic heterocycles. The van der Waals surface area contributed by atoms with Crippen LogP contribution in [0.5, 0.6) is 0 Å². The maximum absolute atomic E-state index is 13.8. The SMILES string of the molecule is O=C(NCC1(c2ccccc2Cl)CCOCC1)c1cc(F)ccc1F. The summed E-state index contributed by atoms with van der Waals surface area (Å²) in [6, 6.07) is 10.3. The third kappa shape index (κ3) is 3.83. The molecule has 0 saturated carbocycles. The Labute approximate surface area is 149 Å². The lowest BCUT2D eigenvalue weighted by Crippen LogP contribution is -2.45. The van der Waals surface area contributed by atoms with Gasteiger partial charge in [-0.25, -0.2) is 8.78 Å². The molecule has 6 heteroatoms. The summed E-state index contributed by atoms with van der Waals surface area (Å²) >= 11 is 6.36. The molecule has 1 fully saturated rings. The summed E-state index contributed by atoms with van der Waals surface area (Å²) in [4.78, 5) is 12.3. The van der Waals surface area contributed by atoms with E-state index >= 15 is 0 Å². The van der Waals surface area contributed by atoms with E-state index in [1.165, 1.54) is 0 Å². The molecule has 3 nitrogen and oxygen atoms in total. The van der Waals surface area contributed by atoms with Crippen LogP contribution in [0.3, 0.4) is 0 Å². The first-order chi connectivity index (χ1) is 12.0. The molecule has 0 radical (unpaired) electrons. The van der Waals surface area contributed by atoms with Crippen molar-refractivity contribution in [3.63, 3.8) is 0 Å². The summed E-state index contributed by atoms with van der Waals surface area (Å²) < 4.78 is 32.6. The number of hydrogen-bond acceptors (Lipinski definition) is 2. The second-order valence-corrected chi connectivity index (χ2v) is 6.59. The van der Waals surface area contributed by atoms with Crippen LogP contribution < -0.4 is 5.32 Å². The van der Waals surface area contributed by atoms with Crippen LogP contribution >= 0.6 is 11.6 Å². The first-order valence-electron chi connectivity index (χ1n) is 8.08. The molecular weight excluding hydrogens is 348 g/mol. The number of rotatable bonds is 4. The largest absolute Gasteiger partial charge is 0.381 e. The van der Waals surface area contributed by atoms with E-state index in [4.69, 9.17) is 16.3 Å². The van der Waals surface area contributed by atoms with Gasteiger partial charge in [0.05, 0.1) is 5.56 Å². The van der Waals surface area contributed by atoms with E-state index in [0.717, 1.165) is 23.8 Å². The summed E-state index contributed by atoms with van der Waals surface area (Å²) in [5, 5.41) is 3.36. The van der Waals surface area contributed by atoms with Crippen molar-refractivity contribution in [3.8, 4) is 0 Å². The van der Waals surface area contributed by atoms with Crippen LogP contribution in [-0.4, -0.2) is 25.7 Å². The quantitative estimate of drug-likeness (QED) is 0.886. The van der Waals surface area contributed by atoms with Gasteiger partial charge in [0, 0.05) is 30.2 Å². The Morgan fingerprint density at radius 2 is 1.88 bits per heavy atom. The molecule has 1 heterocycles. The second-order valence-electron chi connectivity index (χ2n) is 6.18. The third-order valence-corrected chi connectivity index (χ3v) is 4.99. The monoisotopic (exact) mass is 365 g/mol. The normalized spacial score (nSPS) is 16.4. The summed E-state index contributed by atoms with van der Waals surface area (Å²) in [6.45, 7) is 1.37. The van der Waals surface area contributed by atoms with E-state index in [1.54, 1.807) is 0 Å². The van der Waals surface area contributed by atoms with Gasteiger partial charge in [-0.05, 0) is 42.7 Å². The number of carbonyl (C=O) groups is 1. The molecule has 3 rings (SSSR count). The van der Waals surface area contributed by atoms with Crippen molar-refractivity contribution in [3.05, 3.63) is 70.2 Å². The van der Waals surface area contributed by atoms with Crippen molar-refractivity contribution in [1.82, 2.24) is 5.32 Å². The predicted molar refractivity (Wildman–Crippen MR) is 91.9 cm³/mol. The summed E-state index contributed by atoms with van der Waals surface area (Å²) in [6.07, 6.45) is 1.37. The van der Waals surface area contributed by atoms with E-state index in [-0.39, 0.29) is 12.1 Å². The van der Waals surface area contributed by atoms with Gasteiger partial charge in [0.15, 0.2) is 0 Å². The molecule has 0 aliphatic carbocycles. The Balaban J connectivity index is 1.83. The number of carbonyl (C=O) groups excluding carboxylic acids is 1. The highest BCUT2D eigenvalue weighted by Gasteiger charge is 2.36. The van der Waals surface area contributed by atoms with Gasteiger partial charge in [0.1, 0.15) is 11.6 Å². The van der Waals surface area contributed by atoms with Crippen molar-refractivity contribution < 1.29 is 18.3 Å². The molecule has 1 aliphatic rings. The zero-order chi connectivity index (χ0) is 17.9. The minimum atomic E-state index is -0.752. The van der Waals surface area contributed by atoms with Gasteiger partial charge in [0.25, 0.3) is 5.91 Å². The topological polar surface area (TPSA) is 38.3 Å². The number of ether oxygens (including phenoxy) is 1. The standard InChI is InChI=1S/C19H18ClF2NO2/c20-16-4-2-1-3-15(16)19(7-9-25-10-8-19)12-23-18(24)14-11-13(21)5-6-17(14)22/h1-6,11H,7-10,12H2,(H,23,24). The molecule has 1 N–H and O–H groups in total. The predicted octanol–water partition coefficient (Wildman–Crippen LogP) is 4.10. The highest BCUT2D eigenvalue weighted by molar-refractivity contribution is 6.31. The zero-order valence-electron chi connectivity index (χ0n) is 13.5. The van der Waals surface area contributed by atoms with Crippen LogP contribution in [0.15, 0.2) is 42.5 Å². The van der Waals surface area contributed by atoms with Crippen molar-refractivity contribution in [2.24, 2.45) is 0 Å². The Hall–Kier alpha value is -1.98. The van der Waals surface area contributed by atoms with E-state index < -0.39 is 23.0 Å². The van der Waals surface area contributed by atoms with Gasteiger partial charge < -0.3 is 10.1 Å². The van der Waals surface area contributed by atoms with Gasteiger partial charge in [-0.2, -0.15) is 0 Å². The molecular formula is C19H18ClF2NO2. The van der Waals surface area contributed by atoms with Crippen LogP contribution in [0.1, 0.15) is 28.8 Å². The average Bonchev–Trinajstić information content (AvgIpc) is 2.63. The van der Waals surface area contributed by atoms with Gasteiger partial charge in [0.2, 0.25) is 0 Å². The van der Waals surface area contributed by atoms with Gasteiger partial charge in [-0.1, -0.05) is 29.8 Å². The molecule has 0 atom stereocenters. The number of halogens is 3. The second kappa shape index (κ2) is 7.50. The molecule has 1 saturated heterocycles. The Kier molecular flexibility index (Phi) is 5.35. The maximum atomic E-state index is 13.8. The van der Waals surface area contributed by atoms with E-state index in [1.807, 2.05) is 24.3 Å². The molecule has 2 aromatic carbocycles. The maximum Gasteiger partial charge on any atom is 0.254 e. The summed E-state index contributed by atoms with van der Waals surface area (Å²) in [5.41, 5.74) is 0.233. The van der Waals surface area contributed by atoms with Crippen molar-refractivity contribution >= 4 is 17.5 Å². The van der Waals surface area contributed by atoms with Crippen LogP contribution in [0, 0.1) is 11.6 Å². The number of nitrogens with one attached hydrogen (secondary N) is 1. The van der Waals surface area contributed by atoms with Crippen LogP contribution in [0.2, 0.25) is 5.02 Å². The smallest absolute Gasteiger partial charge is 0.254 e. The zero-order valence-corrected chi connectivity index (χ0v) is 14.3. The van der Waals surface area contributed by atoms with E-state index in [0.29, 0.717) is 31.1 Å². The first kappa shape index (κ1) is 17.8. The Morgan fingerprint density at radius 3 is 2.60 bits per heavy atom. The minimum absolute atomic E-state index is 0.273. The molecule has 1 amide bonds. The fourth-order valence-corrected chi connectivity index (χ4v) is 3.55. The van der Waals surface area contributed by atoms with Crippen molar-refractivity contribution in [1.29, 1.82) is 0 Å². The minimum Gasteiger partial charge on any atom is -0.381 e. The summed E-state index contributed by atoms with van der Waals surface area (Å²) in [5.74, 6) is -2.05. The van der Waals surface area contributed by atoms with E-state index in [2.05, 4.69) is 5.32 Å². The van der Waals surface area contributed by atoms with Crippen LogP contribution in [0.25, 0.3) is 0 Å². The summed E-state index contributed by atoms with van der Waals surface area (Å²) in [7, 11) is 0. The fraction of sp³-hybridized carbons (Fsp3) is 0.316. The highest BCUT2D eigenvalue weighted by Crippen LogP contribution is 2.38. The number of benzene rings is 2. The number of hydrogen-bond donors (Lipinski definition) is 1. The molecule has 132 valence electrons. The molecule has 25 heavy (non-hydrogen) atoms. The molecule has 0 unspecified atom stereocenters. The van der Waals surface area contributed by atoms with Gasteiger partial charge in [-0.3, -0.25) is 4.79 Å². The molecule has 0 bridgehead atoms. The number of amides is 1. The third-order valence-electron chi connectivity index (χ3n) is 4.66. The van der Waals surface area contributed by atoms with Crippen molar-refractivity contribution in [2.75, 3.05) is 19.8 Å². The van der Waals surface area contributed by atoms with E-state index in [9.17, 15) is 13.6 Å². The lowest BCUT2D eigenvalue weighted by molar-refractivity contribution is 0.0487. The van der Waals surface area contributed by atoms with Gasteiger partial charge in [-0.15, -0.1) is 0 Å².